The number of hydrogen-bond acceptors (Lipinski definition) is 2. The molecule has 78 valence electrons. The summed E-state index contributed by atoms with van der Waals surface area (Å²) < 4.78 is 0. The van der Waals surface area contributed by atoms with E-state index < -0.39 is 0 Å². The van der Waals surface area contributed by atoms with E-state index in [9.17, 15) is 0 Å². The van der Waals surface area contributed by atoms with E-state index in [1.165, 1.54) is 32.1 Å². The lowest BCUT2D eigenvalue weighted by Crippen LogP contribution is -2.38. The summed E-state index contributed by atoms with van der Waals surface area (Å²) in [7, 11) is 0. The van der Waals surface area contributed by atoms with Gasteiger partial charge in [-0.05, 0) is 32.6 Å². The summed E-state index contributed by atoms with van der Waals surface area (Å²) in [5.41, 5.74) is 0. The van der Waals surface area contributed by atoms with Crippen LogP contribution >= 0.6 is 0 Å². The third-order valence-electron chi connectivity index (χ3n) is 3.09. The van der Waals surface area contributed by atoms with Gasteiger partial charge in [0.2, 0.25) is 0 Å². The molecule has 0 bridgehead atoms. The van der Waals surface area contributed by atoms with Crippen molar-refractivity contribution >= 4 is 0 Å². The van der Waals surface area contributed by atoms with Gasteiger partial charge in [-0.25, -0.2) is 0 Å². The number of nitrogens with one attached hydrogen (secondary N) is 1. The van der Waals surface area contributed by atoms with Gasteiger partial charge in [-0.15, -0.1) is 0 Å². The molecule has 0 spiro atoms. The number of hydrogen-bond donors (Lipinski definition) is 2. The van der Waals surface area contributed by atoms with E-state index in [0.29, 0.717) is 6.04 Å². The van der Waals surface area contributed by atoms with Crippen molar-refractivity contribution in [2.24, 2.45) is 5.92 Å². The third-order valence-corrected chi connectivity index (χ3v) is 3.09. The van der Waals surface area contributed by atoms with Gasteiger partial charge in [0, 0.05) is 12.6 Å². The van der Waals surface area contributed by atoms with E-state index in [-0.39, 0.29) is 6.10 Å². The molecule has 13 heavy (non-hydrogen) atoms. The molecule has 1 rings (SSSR count). The highest BCUT2D eigenvalue weighted by Crippen LogP contribution is 2.26. The van der Waals surface area contributed by atoms with Crippen molar-refractivity contribution in [1.29, 1.82) is 0 Å². The molecule has 0 aromatic carbocycles. The highest BCUT2D eigenvalue weighted by Gasteiger charge is 2.19. The van der Waals surface area contributed by atoms with Crippen LogP contribution in [0.2, 0.25) is 0 Å². The Bertz CT molecular complexity index is 130. The maximum atomic E-state index is 9.14. The van der Waals surface area contributed by atoms with Gasteiger partial charge in [0.15, 0.2) is 0 Å². The fourth-order valence-electron chi connectivity index (χ4n) is 2.16. The van der Waals surface area contributed by atoms with E-state index in [4.69, 9.17) is 5.11 Å². The lowest BCUT2D eigenvalue weighted by molar-refractivity contribution is 0.175. The normalized spacial score (nSPS) is 24.2. The molecule has 0 amide bonds. The van der Waals surface area contributed by atoms with Crippen molar-refractivity contribution in [3.63, 3.8) is 0 Å². The highest BCUT2D eigenvalue weighted by atomic mass is 16.3. The lowest BCUT2D eigenvalue weighted by Gasteiger charge is -2.28. The van der Waals surface area contributed by atoms with E-state index in [0.717, 1.165) is 12.5 Å². The zero-order valence-electron chi connectivity index (χ0n) is 8.92. The van der Waals surface area contributed by atoms with Gasteiger partial charge in [0.25, 0.3) is 0 Å². The molecule has 2 nitrogen and oxygen atoms in total. The van der Waals surface area contributed by atoms with Gasteiger partial charge >= 0.3 is 0 Å². The van der Waals surface area contributed by atoms with Crippen molar-refractivity contribution in [2.75, 3.05) is 6.54 Å². The second kappa shape index (κ2) is 5.61. The van der Waals surface area contributed by atoms with Crippen LogP contribution in [-0.2, 0) is 0 Å². The molecule has 2 heteroatoms. The first-order valence-electron chi connectivity index (χ1n) is 5.61. The van der Waals surface area contributed by atoms with Crippen LogP contribution in [0.4, 0.5) is 0 Å². The van der Waals surface area contributed by atoms with E-state index in [1.807, 2.05) is 6.92 Å². The Balaban J connectivity index is 2.17. The molecule has 0 aliphatic heterocycles. The Morgan fingerprint density at radius 2 is 1.85 bits per heavy atom. The van der Waals surface area contributed by atoms with E-state index in [2.05, 4.69) is 12.2 Å². The smallest absolute Gasteiger partial charge is 0.0636 e. The molecule has 0 heterocycles. The maximum absolute atomic E-state index is 9.14. The molecule has 1 aliphatic rings. The molecule has 1 saturated carbocycles. The van der Waals surface area contributed by atoms with Gasteiger partial charge < -0.3 is 10.4 Å². The average molecular weight is 185 g/mol. The van der Waals surface area contributed by atoms with Crippen LogP contribution in [0.1, 0.15) is 46.0 Å². The average Bonchev–Trinajstić information content (AvgIpc) is 2.15. The topological polar surface area (TPSA) is 32.3 Å². The minimum absolute atomic E-state index is 0.217. The van der Waals surface area contributed by atoms with Crippen molar-refractivity contribution in [3.05, 3.63) is 0 Å². The summed E-state index contributed by atoms with van der Waals surface area (Å²) in [6.45, 7) is 4.82. The zero-order chi connectivity index (χ0) is 9.68. The SMILES string of the molecule is CC(O)CNC(C)C1CCCCC1. The Morgan fingerprint density at radius 3 is 2.38 bits per heavy atom. The summed E-state index contributed by atoms with van der Waals surface area (Å²) in [5.74, 6) is 0.840. The predicted molar refractivity (Wildman–Crippen MR) is 55.7 cm³/mol. The molecule has 0 radical (unpaired) electrons. The minimum Gasteiger partial charge on any atom is -0.392 e. The fraction of sp³-hybridized carbons (Fsp3) is 1.00. The lowest BCUT2D eigenvalue weighted by atomic mass is 9.84. The van der Waals surface area contributed by atoms with Crippen LogP contribution in [0.3, 0.4) is 0 Å². The first-order valence-corrected chi connectivity index (χ1v) is 5.61. The molecule has 2 unspecified atom stereocenters. The van der Waals surface area contributed by atoms with Crippen molar-refractivity contribution in [1.82, 2.24) is 5.32 Å². The molecule has 1 aliphatic carbocycles. The standard InChI is InChI=1S/C11H23NO/c1-9(13)8-12-10(2)11-6-4-3-5-7-11/h9-13H,3-8H2,1-2H3. The molecule has 0 saturated heterocycles. The summed E-state index contributed by atoms with van der Waals surface area (Å²) in [5, 5.41) is 12.5. The molecule has 2 N–H and O–H groups in total. The van der Waals surface area contributed by atoms with Crippen LogP contribution < -0.4 is 5.32 Å². The van der Waals surface area contributed by atoms with Gasteiger partial charge in [0.05, 0.1) is 6.10 Å². The first kappa shape index (κ1) is 11.0. The maximum Gasteiger partial charge on any atom is 0.0636 e. The van der Waals surface area contributed by atoms with E-state index in [1.54, 1.807) is 0 Å². The van der Waals surface area contributed by atoms with Gasteiger partial charge in [0.1, 0.15) is 0 Å². The monoisotopic (exact) mass is 185 g/mol. The number of rotatable bonds is 4. The Hall–Kier alpha value is -0.0800. The molecule has 2 atom stereocenters. The Morgan fingerprint density at radius 1 is 1.23 bits per heavy atom. The van der Waals surface area contributed by atoms with Gasteiger partial charge in [-0.2, -0.15) is 0 Å². The van der Waals surface area contributed by atoms with Gasteiger partial charge in [-0.3, -0.25) is 0 Å². The number of aliphatic hydroxyl groups excluding tert-OH is 1. The van der Waals surface area contributed by atoms with Crippen LogP contribution in [0, 0.1) is 5.92 Å². The van der Waals surface area contributed by atoms with Crippen LogP contribution in [-0.4, -0.2) is 23.8 Å². The predicted octanol–water partition coefficient (Wildman–Crippen LogP) is 1.93. The second-order valence-electron chi connectivity index (χ2n) is 4.44. The third kappa shape index (κ3) is 4.10. The quantitative estimate of drug-likeness (QED) is 0.701. The van der Waals surface area contributed by atoms with Crippen LogP contribution in [0.5, 0.6) is 0 Å². The molecular formula is C11H23NO. The number of aliphatic hydroxyl groups is 1. The summed E-state index contributed by atoms with van der Waals surface area (Å²) in [4.78, 5) is 0. The fourth-order valence-corrected chi connectivity index (χ4v) is 2.16. The van der Waals surface area contributed by atoms with Gasteiger partial charge in [-0.1, -0.05) is 19.3 Å². The summed E-state index contributed by atoms with van der Waals surface area (Å²) in [6, 6.07) is 0.579. The molecule has 0 aromatic heterocycles. The van der Waals surface area contributed by atoms with Crippen LogP contribution in [0.15, 0.2) is 0 Å². The van der Waals surface area contributed by atoms with E-state index >= 15 is 0 Å². The highest BCUT2D eigenvalue weighted by molar-refractivity contribution is 4.76. The molecular weight excluding hydrogens is 162 g/mol. The largest absolute Gasteiger partial charge is 0.392 e. The summed E-state index contributed by atoms with van der Waals surface area (Å²) >= 11 is 0. The van der Waals surface area contributed by atoms with Crippen LogP contribution in [0.25, 0.3) is 0 Å². The zero-order valence-corrected chi connectivity index (χ0v) is 8.92. The molecule has 0 aromatic rings. The van der Waals surface area contributed by atoms with Crippen molar-refractivity contribution in [2.45, 2.75) is 58.1 Å². The second-order valence-corrected chi connectivity index (χ2v) is 4.44. The van der Waals surface area contributed by atoms with Crippen molar-refractivity contribution < 1.29 is 5.11 Å². The Labute approximate surface area is 81.7 Å². The first-order chi connectivity index (χ1) is 6.20. The minimum atomic E-state index is -0.217. The summed E-state index contributed by atoms with van der Waals surface area (Å²) in [6.07, 6.45) is 6.73. The Kier molecular flexibility index (Phi) is 4.74. The van der Waals surface area contributed by atoms with Crippen molar-refractivity contribution in [3.8, 4) is 0 Å². The molecule has 1 fully saturated rings.